The van der Waals surface area contributed by atoms with Crippen LogP contribution in [0.1, 0.15) is 45.6 Å². The van der Waals surface area contributed by atoms with Crippen molar-refractivity contribution >= 4 is 11.6 Å². The Hall–Kier alpha value is -1.32. The van der Waals surface area contributed by atoms with Crippen molar-refractivity contribution in [2.75, 3.05) is 23.3 Å². The molecule has 1 aliphatic heterocycles. The third-order valence-electron chi connectivity index (χ3n) is 3.76. The maximum absolute atomic E-state index is 4.50. The summed E-state index contributed by atoms with van der Waals surface area (Å²) in [6.45, 7) is 10.9. The minimum absolute atomic E-state index is 0.209. The van der Waals surface area contributed by atoms with E-state index in [-0.39, 0.29) is 5.54 Å². The highest BCUT2D eigenvalue weighted by Crippen LogP contribution is 2.35. The number of nitrogens with zero attached hydrogens (tertiary/aromatic N) is 3. The average molecular weight is 248 g/mol. The van der Waals surface area contributed by atoms with Crippen LogP contribution in [0.5, 0.6) is 0 Å². The van der Waals surface area contributed by atoms with E-state index in [1.165, 1.54) is 18.4 Å². The second-order valence-electron chi connectivity index (χ2n) is 5.67. The van der Waals surface area contributed by atoms with Crippen LogP contribution in [0.4, 0.5) is 11.6 Å². The van der Waals surface area contributed by atoms with Gasteiger partial charge in [0.15, 0.2) is 0 Å². The van der Waals surface area contributed by atoms with E-state index in [2.05, 4.69) is 47.9 Å². The molecule has 1 N–H and O–H groups in total. The van der Waals surface area contributed by atoms with Gasteiger partial charge in [0, 0.05) is 24.2 Å². The molecule has 100 valence electrons. The highest BCUT2D eigenvalue weighted by atomic mass is 15.3. The smallest absolute Gasteiger partial charge is 0.137 e. The largest absolute Gasteiger partial charge is 0.370 e. The predicted octanol–water partition coefficient (Wildman–Crippen LogP) is 2.99. The molecule has 1 aromatic heterocycles. The Labute approximate surface area is 110 Å². The fraction of sp³-hybridized carbons (Fsp3) is 0.714. The molecule has 2 rings (SSSR count). The van der Waals surface area contributed by atoms with Crippen LogP contribution in [0, 0.1) is 6.92 Å². The molecule has 0 spiro atoms. The maximum Gasteiger partial charge on any atom is 0.137 e. The first-order chi connectivity index (χ1) is 8.56. The summed E-state index contributed by atoms with van der Waals surface area (Å²) in [7, 11) is 0. The van der Waals surface area contributed by atoms with E-state index in [0.717, 1.165) is 31.1 Å². The zero-order chi connectivity index (χ0) is 13.2. The summed E-state index contributed by atoms with van der Waals surface area (Å²) in [6.07, 6.45) is 5.25. The summed E-state index contributed by atoms with van der Waals surface area (Å²) in [5, 5.41) is 3.38. The average Bonchev–Trinajstić information content (AvgIpc) is 2.68. The van der Waals surface area contributed by atoms with Crippen molar-refractivity contribution in [3.05, 3.63) is 11.9 Å². The van der Waals surface area contributed by atoms with E-state index in [1.807, 2.05) is 0 Å². The van der Waals surface area contributed by atoms with Gasteiger partial charge in [-0.05, 0) is 40.0 Å². The molecule has 1 fully saturated rings. The van der Waals surface area contributed by atoms with Crippen molar-refractivity contribution in [1.82, 2.24) is 9.97 Å². The van der Waals surface area contributed by atoms with Gasteiger partial charge in [0.25, 0.3) is 0 Å². The van der Waals surface area contributed by atoms with E-state index < -0.39 is 0 Å². The lowest BCUT2D eigenvalue weighted by molar-refractivity contribution is 0.513. The van der Waals surface area contributed by atoms with E-state index in [9.17, 15) is 0 Å². The van der Waals surface area contributed by atoms with Gasteiger partial charge in [-0.25, -0.2) is 9.97 Å². The van der Waals surface area contributed by atoms with E-state index in [1.54, 1.807) is 6.33 Å². The van der Waals surface area contributed by atoms with Gasteiger partial charge < -0.3 is 10.2 Å². The molecule has 0 amide bonds. The molecule has 1 saturated heterocycles. The van der Waals surface area contributed by atoms with Gasteiger partial charge in [0.1, 0.15) is 18.0 Å². The summed E-state index contributed by atoms with van der Waals surface area (Å²) < 4.78 is 0. The highest BCUT2D eigenvalue weighted by Gasteiger charge is 2.33. The topological polar surface area (TPSA) is 41.1 Å². The number of aromatic nitrogens is 2. The van der Waals surface area contributed by atoms with Crippen molar-refractivity contribution in [3.8, 4) is 0 Å². The quantitative estimate of drug-likeness (QED) is 0.889. The molecule has 0 radical (unpaired) electrons. The third kappa shape index (κ3) is 2.42. The first-order valence-electron chi connectivity index (χ1n) is 6.89. The minimum atomic E-state index is 0.209. The van der Waals surface area contributed by atoms with Gasteiger partial charge in [-0.3, -0.25) is 0 Å². The SMILES string of the molecule is CCCNc1ncnc(N2CCCC2(C)C)c1C. The van der Waals surface area contributed by atoms with E-state index in [0.29, 0.717) is 0 Å². The monoisotopic (exact) mass is 248 g/mol. The summed E-state index contributed by atoms with van der Waals surface area (Å²) in [4.78, 5) is 11.3. The molecule has 18 heavy (non-hydrogen) atoms. The molecule has 0 aromatic carbocycles. The molecule has 1 aliphatic rings. The van der Waals surface area contributed by atoms with Crippen molar-refractivity contribution in [2.24, 2.45) is 0 Å². The molecule has 2 heterocycles. The van der Waals surface area contributed by atoms with Crippen LogP contribution in [0.25, 0.3) is 0 Å². The van der Waals surface area contributed by atoms with E-state index in [4.69, 9.17) is 0 Å². The first kappa shape index (κ1) is 13.1. The van der Waals surface area contributed by atoms with Gasteiger partial charge in [-0.2, -0.15) is 0 Å². The zero-order valence-electron chi connectivity index (χ0n) is 12.0. The molecule has 0 bridgehead atoms. The van der Waals surface area contributed by atoms with Crippen LogP contribution >= 0.6 is 0 Å². The van der Waals surface area contributed by atoms with Crippen molar-refractivity contribution < 1.29 is 0 Å². The number of nitrogens with one attached hydrogen (secondary N) is 1. The van der Waals surface area contributed by atoms with Crippen LogP contribution in [-0.4, -0.2) is 28.6 Å². The molecule has 4 heteroatoms. The molecule has 4 nitrogen and oxygen atoms in total. The molecule has 0 saturated carbocycles. The van der Waals surface area contributed by atoms with Crippen molar-refractivity contribution in [3.63, 3.8) is 0 Å². The number of hydrogen-bond acceptors (Lipinski definition) is 4. The van der Waals surface area contributed by atoms with Gasteiger partial charge in [0.05, 0.1) is 0 Å². The van der Waals surface area contributed by atoms with Gasteiger partial charge >= 0.3 is 0 Å². The highest BCUT2D eigenvalue weighted by molar-refractivity contribution is 5.59. The van der Waals surface area contributed by atoms with Crippen LogP contribution in [-0.2, 0) is 0 Å². The van der Waals surface area contributed by atoms with Crippen molar-refractivity contribution in [2.45, 2.75) is 52.5 Å². The Morgan fingerprint density at radius 3 is 2.78 bits per heavy atom. The standard InChI is InChI=1S/C14H24N4/c1-5-8-15-12-11(2)13(17-10-16-12)18-9-6-7-14(18,3)4/h10H,5-9H2,1-4H3,(H,15,16,17). The summed E-state index contributed by atoms with van der Waals surface area (Å²) >= 11 is 0. The third-order valence-corrected chi connectivity index (χ3v) is 3.76. The summed E-state index contributed by atoms with van der Waals surface area (Å²) in [5.41, 5.74) is 1.38. The molecular weight excluding hydrogens is 224 g/mol. The lowest BCUT2D eigenvalue weighted by Gasteiger charge is -2.33. The first-order valence-corrected chi connectivity index (χ1v) is 6.89. The lowest BCUT2D eigenvalue weighted by atomic mass is 10.0. The summed E-state index contributed by atoms with van der Waals surface area (Å²) in [5.74, 6) is 2.07. The van der Waals surface area contributed by atoms with Crippen LogP contribution in [0.3, 0.4) is 0 Å². The maximum atomic E-state index is 4.50. The minimum Gasteiger partial charge on any atom is -0.370 e. The van der Waals surface area contributed by atoms with Gasteiger partial charge in [0.2, 0.25) is 0 Å². The molecule has 1 aromatic rings. The van der Waals surface area contributed by atoms with Gasteiger partial charge in [-0.1, -0.05) is 6.92 Å². The normalized spacial score (nSPS) is 18.1. The van der Waals surface area contributed by atoms with E-state index >= 15 is 0 Å². The predicted molar refractivity (Wildman–Crippen MR) is 76.2 cm³/mol. The number of rotatable bonds is 4. The number of hydrogen-bond donors (Lipinski definition) is 1. The van der Waals surface area contributed by atoms with Crippen LogP contribution in [0.15, 0.2) is 6.33 Å². The lowest BCUT2D eigenvalue weighted by Crippen LogP contribution is -2.39. The van der Waals surface area contributed by atoms with Crippen LogP contribution in [0.2, 0.25) is 0 Å². The second kappa shape index (κ2) is 5.12. The molecular formula is C14H24N4. The molecule has 0 atom stereocenters. The fourth-order valence-corrected chi connectivity index (χ4v) is 2.63. The van der Waals surface area contributed by atoms with Crippen molar-refractivity contribution in [1.29, 1.82) is 0 Å². The Balaban J connectivity index is 2.28. The van der Waals surface area contributed by atoms with Gasteiger partial charge in [-0.15, -0.1) is 0 Å². The Kier molecular flexibility index (Phi) is 3.73. The Morgan fingerprint density at radius 2 is 2.17 bits per heavy atom. The fourth-order valence-electron chi connectivity index (χ4n) is 2.63. The molecule has 0 aliphatic carbocycles. The molecule has 0 unspecified atom stereocenters. The zero-order valence-corrected chi connectivity index (χ0v) is 12.0. The Bertz CT molecular complexity index is 414. The Morgan fingerprint density at radius 1 is 1.39 bits per heavy atom. The summed E-state index contributed by atoms with van der Waals surface area (Å²) in [6, 6.07) is 0. The number of anilines is 2. The second-order valence-corrected chi connectivity index (χ2v) is 5.67. The van der Waals surface area contributed by atoms with Crippen LogP contribution < -0.4 is 10.2 Å².